The zero-order valence-corrected chi connectivity index (χ0v) is 5.82. The van der Waals surface area contributed by atoms with Crippen molar-refractivity contribution < 1.29 is 4.84 Å². The average Bonchev–Trinajstić information content (AvgIpc) is 2.70. The van der Waals surface area contributed by atoms with Crippen LogP contribution in [0.4, 0.5) is 5.82 Å². The first-order valence-electron chi connectivity index (χ1n) is 3.25. The van der Waals surface area contributed by atoms with Gasteiger partial charge in [-0.3, -0.25) is 0 Å². The van der Waals surface area contributed by atoms with Gasteiger partial charge >= 0.3 is 0 Å². The first kappa shape index (κ1) is 5.58. The minimum Gasteiger partial charge on any atom is -0.400 e. The summed E-state index contributed by atoms with van der Waals surface area (Å²) in [5, 5.41) is 4.11. The lowest BCUT2D eigenvalue weighted by molar-refractivity contribution is 0.134. The van der Waals surface area contributed by atoms with Gasteiger partial charge in [-0.25, -0.2) is 0 Å². The third-order valence-electron chi connectivity index (χ3n) is 1.51. The van der Waals surface area contributed by atoms with Gasteiger partial charge in [-0.05, 0) is 0 Å². The van der Waals surface area contributed by atoms with E-state index in [2.05, 4.69) is 10.00 Å². The van der Waals surface area contributed by atoms with E-state index in [1.54, 1.807) is 13.3 Å². The minimum absolute atomic E-state index is 1.00. The number of rotatable bonds is 2. The highest BCUT2D eigenvalue weighted by molar-refractivity contribution is 5.42. The summed E-state index contributed by atoms with van der Waals surface area (Å²) in [5.74, 6) is 1.00. The summed E-state index contributed by atoms with van der Waals surface area (Å²) in [6, 6.07) is 1.94. The summed E-state index contributed by atoms with van der Waals surface area (Å²) in [6.07, 6.45) is 1.80. The molecule has 0 aromatic carbocycles. The standard InChI is InChI=1S/C6H9N3O/c1-10-9-3-2-6(7-9)8-4-5-8/h2-3H,4-5H2,1H3. The fourth-order valence-corrected chi connectivity index (χ4v) is 0.848. The van der Waals surface area contributed by atoms with Gasteiger partial charge in [0.2, 0.25) is 0 Å². The van der Waals surface area contributed by atoms with E-state index in [0.29, 0.717) is 0 Å². The molecule has 4 heteroatoms. The fraction of sp³-hybridized carbons (Fsp3) is 0.500. The van der Waals surface area contributed by atoms with Crippen LogP contribution >= 0.6 is 0 Å². The van der Waals surface area contributed by atoms with E-state index < -0.39 is 0 Å². The first-order chi connectivity index (χ1) is 4.90. The Hall–Kier alpha value is -1.19. The van der Waals surface area contributed by atoms with E-state index in [-0.39, 0.29) is 0 Å². The van der Waals surface area contributed by atoms with Gasteiger partial charge in [0.05, 0.1) is 6.20 Å². The van der Waals surface area contributed by atoms with Gasteiger partial charge < -0.3 is 9.74 Å². The van der Waals surface area contributed by atoms with Crippen LogP contribution in [0, 0.1) is 0 Å². The summed E-state index contributed by atoms with van der Waals surface area (Å²) in [5.41, 5.74) is 0. The second-order valence-electron chi connectivity index (χ2n) is 2.25. The van der Waals surface area contributed by atoms with Crippen LogP contribution in [0.15, 0.2) is 12.3 Å². The zero-order valence-electron chi connectivity index (χ0n) is 5.82. The van der Waals surface area contributed by atoms with Gasteiger partial charge in [0, 0.05) is 19.2 Å². The molecule has 1 aromatic rings. The molecular formula is C6H9N3O. The first-order valence-corrected chi connectivity index (χ1v) is 3.25. The summed E-state index contributed by atoms with van der Waals surface area (Å²) >= 11 is 0. The lowest BCUT2D eigenvalue weighted by Crippen LogP contribution is -2.06. The maximum absolute atomic E-state index is 4.85. The number of nitrogens with zero attached hydrogens (tertiary/aromatic N) is 3. The molecule has 1 aliphatic heterocycles. The van der Waals surface area contributed by atoms with E-state index in [1.165, 1.54) is 4.85 Å². The lowest BCUT2D eigenvalue weighted by atomic mass is 10.6. The molecule has 0 N–H and O–H groups in total. The molecule has 10 heavy (non-hydrogen) atoms. The fourth-order valence-electron chi connectivity index (χ4n) is 0.848. The lowest BCUT2D eigenvalue weighted by Gasteiger charge is -1.95. The second kappa shape index (κ2) is 1.90. The molecule has 1 fully saturated rings. The largest absolute Gasteiger partial charge is 0.400 e. The maximum Gasteiger partial charge on any atom is 0.154 e. The van der Waals surface area contributed by atoms with Crippen LogP contribution in [0.1, 0.15) is 0 Å². The van der Waals surface area contributed by atoms with E-state index in [4.69, 9.17) is 4.84 Å². The Morgan fingerprint density at radius 3 is 2.90 bits per heavy atom. The molecule has 0 unspecified atom stereocenters. The predicted octanol–water partition coefficient (Wildman–Crippen LogP) is -0.239. The van der Waals surface area contributed by atoms with Crippen LogP contribution < -0.4 is 9.74 Å². The molecule has 0 bridgehead atoms. The molecule has 54 valence electrons. The molecule has 0 radical (unpaired) electrons. The predicted molar refractivity (Wildman–Crippen MR) is 36.9 cm³/mol. The van der Waals surface area contributed by atoms with Gasteiger partial charge in [0.15, 0.2) is 5.82 Å². The molecule has 0 spiro atoms. The van der Waals surface area contributed by atoms with Crippen molar-refractivity contribution in [3.8, 4) is 0 Å². The Morgan fingerprint density at radius 1 is 1.60 bits per heavy atom. The molecular weight excluding hydrogens is 130 g/mol. The van der Waals surface area contributed by atoms with Crippen molar-refractivity contribution in [1.82, 2.24) is 9.94 Å². The second-order valence-corrected chi connectivity index (χ2v) is 2.25. The average molecular weight is 139 g/mol. The van der Waals surface area contributed by atoms with Crippen molar-refractivity contribution in [3.05, 3.63) is 12.3 Å². The molecule has 1 aromatic heterocycles. The highest BCUT2D eigenvalue weighted by atomic mass is 16.7. The van der Waals surface area contributed by atoms with Crippen molar-refractivity contribution in [1.29, 1.82) is 0 Å². The minimum atomic E-state index is 1.00. The Kier molecular flexibility index (Phi) is 1.06. The summed E-state index contributed by atoms with van der Waals surface area (Å²) in [4.78, 5) is 8.47. The monoisotopic (exact) mass is 139 g/mol. The van der Waals surface area contributed by atoms with Gasteiger partial charge in [-0.15, -0.1) is 9.94 Å². The summed E-state index contributed by atoms with van der Waals surface area (Å²) in [6.45, 7) is 2.25. The van der Waals surface area contributed by atoms with Crippen LogP contribution in [-0.2, 0) is 0 Å². The molecule has 1 aliphatic rings. The Bertz CT molecular complexity index is 229. The maximum atomic E-state index is 4.85. The van der Waals surface area contributed by atoms with Gasteiger partial charge in [-0.2, -0.15) is 0 Å². The van der Waals surface area contributed by atoms with Crippen molar-refractivity contribution in [3.63, 3.8) is 0 Å². The smallest absolute Gasteiger partial charge is 0.154 e. The number of hydrogen-bond donors (Lipinski definition) is 0. The normalized spacial score (nSPS) is 15.5. The Balaban J connectivity index is 2.19. The molecule has 0 amide bonds. The Morgan fingerprint density at radius 2 is 2.40 bits per heavy atom. The number of hydrogen-bond acceptors (Lipinski definition) is 3. The highest BCUT2D eigenvalue weighted by Gasteiger charge is 2.19. The van der Waals surface area contributed by atoms with E-state index in [1.807, 2.05) is 6.07 Å². The van der Waals surface area contributed by atoms with Crippen LogP contribution in [0.25, 0.3) is 0 Å². The van der Waals surface area contributed by atoms with E-state index in [0.717, 1.165) is 18.9 Å². The van der Waals surface area contributed by atoms with E-state index >= 15 is 0 Å². The van der Waals surface area contributed by atoms with Crippen LogP contribution in [-0.4, -0.2) is 30.1 Å². The summed E-state index contributed by atoms with van der Waals surface area (Å²) in [7, 11) is 1.60. The van der Waals surface area contributed by atoms with Gasteiger partial charge in [-0.1, -0.05) is 0 Å². The number of anilines is 1. The summed E-state index contributed by atoms with van der Waals surface area (Å²) < 4.78 is 0. The third kappa shape index (κ3) is 0.814. The van der Waals surface area contributed by atoms with Crippen molar-refractivity contribution in [2.45, 2.75) is 0 Å². The highest BCUT2D eigenvalue weighted by Crippen LogP contribution is 2.16. The molecule has 2 heterocycles. The van der Waals surface area contributed by atoms with Crippen LogP contribution in [0.5, 0.6) is 0 Å². The Labute approximate surface area is 59.0 Å². The van der Waals surface area contributed by atoms with Gasteiger partial charge in [0.1, 0.15) is 7.11 Å². The zero-order chi connectivity index (χ0) is 6.97. The molecule has 0 saturated carbocycles. The molecule has 0 aliphatic carbocycles. The van der Waals surface area contributed by atoms with Crippen LogP contribution in [0.3, 0.4) is 0 Å². The van der Waals surface area contributed by atoms with Crippen molar-refractivity contribution in [2.24, 2.45) is 0 Å². The molecule has 0 atom stereocenters. The molecule has 1 saturated heterocycles. The third-order valence-corrected chi connectivity index (χ3v) is 1.51. The van der Waals surface area contributed by atoms with Gasteiger partial charge in [0.25, 0.3) is 0 Å². The van der Waals surface area contributed by atoms with Crippen molar-refractivity contribution >= 4 is 5.82 Å². The van der Waals surface area contributed by atoms with E-state index in [9.17, 15) is 0 Å². The quantitative estimate of drug-likeness (QED) is 0.530. The SMILES string of the molecule is COn1ccc(N2CC2)n1. The topological polar surface area (TPSA) is 30.1 Å². The van der Waals surface area contributed by atoms with Crippen molar-refractivity contribution in [2.75, 3.05) is 25.1 Å². The molecule has 2 rings (SSSR count). The number of aromatic nitrogens is 2. The molecule has 4 nitrogen and oxygen atoms in total. The van der Waals surface area contributed by atoms with Crippen LogP contribution in [0.2, 0.25) is 0 Å².